The summed E-state index contributed by atoms with van der Waals surface area (Å²) in [6.45, 7) is 9.09. The minimum atomic E-state index is -0.792. The van der Waals surface area contributed by atoms with Crippen LogP contribution in [0.4, 0.5) is 4.79 Å². The molecule has 1 saturated heterocycles. The molecule has 7 nitrogen and oxygen atoms in total. The molecule has 0 radical (unpaired) electrons. The SMILES string of the molecule is CC(=O)N[C@H]([C@H](C)O)C1(CO)CCN(C(=O)OC(C)(C)C)CC1. The summed E-state index contributed by atoms with van der Waals surface area (Å²) in [5, 5.41) is 22.6. The van der Waals surface area contributed by atoms with E-state index in [0.717, 1.165) is 0 Å². The van der Waals surface area contributed by atoms with Gasteiger partial charge in [0.05, 0.1) is 18.8 Å². The van der Waals surface area contributed by atoms with Crippen LogP contribution in [0.5, 0.6) is 0 Å². The van der Waals surface area contributed by atoms with Gasteiger partial charge in [0.25, 0.3) is 0 Å². The fourth-order valence-corrected chi connectivity index (χ4v) is 3.03. The molecule has 0 bridgehead atoms. The van der Waals surface area contributed by atoms with E-state index < -0.39 is 23.2 Å². The Kier molecular flexibility index (Phi) is 6.41. The molecule has 1 rings (SSSR count). The van der Waals surface area contributed by atoms with Gasteiger partial charge in [-0.25, -0.2) is 4.79 Å². The van der Waals surface area contributed by atoms with Crippen LogP contribution < -0.4 is 5.32 Å². The van der Waals surface area contributed by atoms with Crippen molar-refractivity contribution in [3.8, 4) is 0 Å². The van der Waals surface area contributed by atoms with E-state index in [0.29, 0.717) is 25.9 Å². The van der Waals surface area contributed by atoms with E-state index in [1.807, 2.05) is 20.8 Å². The number of carbonyl (C=O) groups excluding carboxylic acids is 2. The van der Waals surface area contributed by atoms with Crippen LogP contribution in [0, 0.1) is 5.41 Å². The number of nitrogens with zero attached hydrogens (tertiary/aromatic N) is 1. The molecule has 1 aliphatic heterocycles. The van der Waals surface area contributed by atoms with Gasteiger partial charge in [-0.05, 0) is 40.5 Å². The summed E-state index contributed by atoms with van der Waals surface area (Å²) in [5.41, 5.74) is -1.20. The number of carbonyl (C=O) groups is 2. The van der Waals surface area contributed by atoms with Gasteiger partial charge in [-0.15, -0.1) is 0 Å². The molecule has 2 amide bonds. The Labute approximate surface area is 138 Å². The van der Waals surface area contributed by atoms with E-state index in [1.54, 1.807) is 11.8 Å². The van der Waals surface area contributed by atoms with Crippen LogP contribution in [-0.4, -0.2) is 64.6 Å². The van der Waals surface area contributed by atoms with Crippen molar-refractivity contribution in [2.45, 2.75) is 65.2 Å². The van der Waals surface area contributed by atoms with Crippen molar-refractivity contribution in [1.82, 2.24) is 10.2 Å². The van der Waals surface area contributed by atoms with E-state index in [4.69, 9.17) is 4.74 Å². The highest BCUT2D eigenvalue weighted by atomic mass is 16.6. The average molecular weight is 330 g/mol. The zero-order chi connectivity index (χ0) is 17.8. The molecule has 2 atom stereocenters. The van der Waals surface area contributed by atoms with Gasteiger partial charge in [0.1, 0.15) is 5.60 Å². The number of hydrogen-bond acceptors (Lipinski definition) is 5. The van der Waals surface area contributed by atoms with Gasteiger partial charge in [-0.3, -0.25) is 4.79 Å². The molecule has 0 aliphatic carbocycles. The minimum Gasteiger partial charge on any atom is -0.444 e. The first-order valence-corrected chi connectivity index (χ1v) is 8.05. The van der Waals surface area contributed by atoms with Crippen molar-refractivity contribution >= 4 is 12.0 Å². The molecular weight excluding hydrogens is 300 g/mol. The lowest BCUT2D eigenvalue weighted by atomic mass is 9.71. The molecule has 23 heavy (non-hydrogen) atoms. The smallest absolute Gasteiger partial charge is 0.410 e. The predicted octanol–water partition coefficient (Wildman–Crippen LogP) is 0.881. The third-order valence-corrected chi connectivity index (χ3v) is 4.23. The molecule has 0 saturated carbocycles. The second-order valence-corrected chi connectivity index (χ2v) is 7.41. The maximum absolute atomic E-state index is 12.1. The lowest BCUT2D eigenvalue weighted by Crippen LogP contribution is -2.59. The molecule has 3 N–H and O–H groups in total. The van der Waals surface area contributed by atoms with Crippen molar-refractivity contribution in [3.63, 3.8) is 0 Å². The third kappa shape index (κ3) is 5.35. The number of piperidine rings is 1. The quantitative estimate of drug-likeness (QED) is 0.711. The number of nitrogens with one attached hydrogen (secondary N) is 1. The second kappa shape index (κ2) is 7.49. The molecule has 0 spiro atoms. The molecule has 0 aromatic rings. The van der Waals surface area contributed by atoms with E-state index in [1.165, 1.54) is 6.92 Å². The van der Waals surface area contributed by atoms with Crippen molar-refractivity contribution in [3.05, 3.63) is 0 Å². The van der Waals surface area contributed by atoms with E-state index in [9.17, 15) is 19.8 Å². The highest BCUT2D eigenvalue weighted by molar-refractivity contribution is 5.73. The van der Waals surface area contributed by atoms with Crippen molar-refractivity contribution in [1.29, 1.82) is 0 Å². The lowest BCUT2D eigenvalue weighted by molar-refractivity contribution is -0.123. The van der Waals surface area contributed by atoms with E-state index in [2.05, 4.69) is 5.32 Å². The Balaban J connectivity index is 2.79. The number of amides is 2. The first kappa shape index (κ1) is 19.7. The lowest BCUT2D eigenvalue weighted by Gasteiger charge is -2.46. The van der Waals surface area contributed by atoms with Crippen LogP contribution in [0.2, 0.25) is 0 Å². The number of hydrogen-bond donors (Lipinski definition) is 3. The summed E-state index contributed by atoms with van der Waals surface area (Å²) in [6.07, 6.45) is -0.201. The maximum Gasteiger partial charge on any atom is 0.410 e. The molecule has 7 heteroatoms. The fourth-order valence-electron chi connectivity index (χ4n) is 3.03. The molecule has 134 valence electrons. The fraction of sp³-hybridized carbons (Fsp3) is 0.875. The topological polar surface area (TPSA) is 99.1 Å². The molecule has 1 heterocycles. The van der Waals surface area contributed by atoms with Crippen LogP contribution in [-0.2, 0) is 9.53 Å². The van der Waals surface area contributed by atoms with Gasteiger partial charge in [-0.1, -0.05) is 0 Å². The van der Waals surface area contributed by atoms with Crippen LogP contribution in [0.15, 0.2) is 0 Å². The summed E-state index contributed by atoms with van der Waals surface area (Å²) < 4.78 is 5.36. The van der Waals surface area contributed by atoms with Gasteiger partial charge >= 0.3 is 6.09 Å². The molecule has 0 aromatic heterocycles. The van der Waals surface area contributed by atoms with Gasteiger partial charge in [-0.2, -0.15) is 0 Å². The monoisotopic (exact) mass is 330 g/mol. The summed E-state index contributed by atoms with van der Waals surface area (Å²) >= 11 is 0. The molecule has 0 unspecified atom stereocenters. The van der Waals surface area contributed by atoms with E-state index in [-0.39, 0.29) is 18.6 Å². The molecule has 0 aromatic carbocycles. The second-order valence-electron chi connectivity index (χ2n) is 7.41. The Morgan fingerprint density at radius 1 is 1.30 bits per heavy atom. The van der Waals surface area contributed by atoms with E-state index >= 15 is 0 Å². The van der Waals surface area contributed by atoms with Crippen LogP contribution >= 0.6 is 0 Å². The highest BCUT2D eigenvalue weighted by Gasteiger charge is 2.45. The maximum atomic E-state index is 12.1. The van der Waals surface area contributed by atoms with Gasteiger partial charge in [0.2, 0.25) is 5.91 Å². The highest BCUT2D eigenvalue weighted by Crippen LogP contribution is 2.36. The summed E-state index contributed by atoms with van der Waals surface area (Å²) in [7, 11) is 0. The van der Waals surface area contributed by atoms with Crippen molar-refractivity contribution < 1.29 is 24.5 Å². The molecule has 1 aliphatic rings. The van der Waals surface area contributed by atoms with Crippen molar-refractivity contribution in [2.24, 2.45) is 5.41 Å². The summed E-state index contributed by atoms with van der Waals surface area (Å²) in [6, 6.07) is -0.550. The summed E-state index contributed by atoms with van der Waals surface area (Å²) in [4.78, 5) is 25.1. The average Bonchev–Trinajstić information content (AvgIpc) is 2.42. The zero-order valence-electron chi connectivity index (χ0n) is 14.8. The Morgan fingerprint density at radius 2 is 1.83 bits per heavy atom. The number of aliphatic hydroxyl groups excluding tert-OH is 2. The Morgan fingerprint density at radius 3 is 2.17 bits per heavy atom. The standard InChI is InChI=1S/C16H30N2O5/c1-11(20)13(17-12(2)21)16(10-19)6-8-18(9-7-16)14(22)23-15(3,4)5/h11,13,19-20H,6-10H2,1-5H3,(H,17,21)/t11-,13+/m0/s1. The largest absolute Gasteiger partial charge is 0.444 e. The zero-order valence-corrected chi connectivity index (χ0v) is 14.8. The third-order valence-electron chi connectivity index (χ3n) is 4.23. The molecular formula is C16H30N2O5. The number of ether oxygens (including phenoxy) is 1. The first-order valence-electron chi connectivity index (χ1n) is 8.05. The number of rotatable bonds is 4. The Bertz CT molecular complexity index is 423. The van der Waals surface area contributed by atoms with Gasteiger partial charge < -0.3 is 25.2 Å². The van der Waals surface area contributed by atoms with Crippen LogP contribution in [0.1, 0.15) is 47.5 Å². The Hall–Kier alpha value is -1.34. The normalized spacial score (nSPS) is 20.6. The first-order chi connectivity index (χ1) is 10.5. The van der Waals surface area contributed by atoms with Crippen LogP contribution in [0.25, 0.3) is 0 Å². The van der Waals surface area contributed by atoms with Gasteiger partial charge in [0.15, 0.2) is 0 Å². The molecule has 1 fully saturated rings. The van der Waals surface area contributed by atoms with Crippen molar-refractivity contribution in [2.75, 3.05) is 19.7 Å². The predicted molar refractivity (Wildman–Crippen MR) is 85.8 cm³/mol. The summed E-state index contributed by atoms with van der Waals surface area (Å²) in [5.74, 6) is -0.252. The minimum absolute atomic E-state index is 0.162. The number of aliphatic hydroxyl groups is 2. The van der Waals surface area contributed by atoms with Gasteiger partial charge in [0, 0.05) is 25.4 Å². The number of likely N-dealkylation sites (tertiary alicyclic amines) is 1. The van der Waals surface area contributed by atoms with Crippen LogP contribution in [0.3, 0.4) is 0 Å².